The summed E-state index contributed by atoms with van der Waals surface area (Å²) in [6.07, 6.45) is -2.01. The third-order valence-electron chi connectivity index (χ3n) is 2.39. The Hall–Kier alpha value is -2.00. The molecule has 0 amide bonds. The normalized spacial score (nSPS) is 11.0. The first-order valence-electron chi connectivity index (χ1n) is 5.43. The van der Waals surface area contributed by atoms with Crippen molar-refractivity contribution in [2.45, 2.75) is 12.8 Å². The smallest absolute Gasteiger partial charge is 0.261 e. The minimum absolute atomic E-state index is 0.190. The van der Waals surface area contributed by atoms with Crippen molar-refractivity contribution >= 4 is 11.0 Å². The van der Waals surface area contributed by atoms with Gasteiger partial charge in [-0.25, -0.2) is 13.8 Å². The van der Waals surface area contributed by atoms with Crippen molar-refractivity contribution in [2.75, 3.05) is 13.2 Å². The fourth-order valence-electron chi connectivity index (χ4n) is 1.59. The van der Waals surface area contributed by atoms with Crippen molar-refractivity contribution in [3.05, 3.63) is 29.6 Å². The molecule has 0 aliphatic heterocycles. The molecule has 0 aliphatic rings. The summed E-state index contributed by atoms with van der Waals surface area (Å²) in [7, 11) is 0. The molecule has 2 aromatic rings. The van der Waals surface area contributed by atoms with Gasteiger partial charge in [0.2, 0.25) is 0 Å². The second-order valence-corrected chi connectivity index (χ2v) is 3.74. The van der Waals surface area contributed by atoms with E-state index in [1.54, 1.807) is 18.2 Å². The molecule has 0 radical (unpaired) electrons. The summed E-state index contributed by atoms with van der Waals surface area (Å²) in [6, 6.07) is 7.16. The van der Waals surface area contributed by atoms with E-state index in [1.807, 2.05) is 6.07 Å². The Kier molecular flexibility index (Phi) is 3.85. The van der Waals surface area contributed by atoms with Crippen molar-refractivity contribution in [1.82, 2.24) is 9.97 Å². The van der Waals surface area contributed by atoms with E-state index in [-0.39, 0.29) is 6.61 Å². The van der Waals surface area contributed by atoms with Gasteiger partial charge in [-0.1, -0.05) is 0 Å². The molecule has 1 aromatic heterocycles. The molecule has 0 fully saturated rings. The van der Waals surface area contributed by atoms with Gasteiger partial charge in [-0.2, -0.15) is 5.26 Å². The average molecular weight is 251 g/mol. The van der Waals surface area contributed by atoms with Gasteiger partial charge in [0, 0.05) is 6.42 Å². The zero-order valence-electron chi connectivity index (χ0n) is 9.49. The maximum Gasteiger partial charge on any atom is 0.261 e. The van der Waals surface area contributed by atoms with Crippen LogP contribution in [0.5, 0.6) is 0 Å². The Bertz CT molecular complexity index is 574. The standard InChI is InChI=1S/C12H11F2N3O/c13-11(14)7-18-4-3-12-16-9-2-1-8(6-15)5-10(9)17-12/h1-2,5,11H,3-4,7H2,(H,16,17). The molecule has 1 aromatic carbocycles. The molecule has 1 N–H and O–H groups in total. The molecule has 0 bridgehead atoms. The number of nitrogens with zero attached hydrogens (tertiary/aromatic N) is 2. The third kappa shape index (κ3) is 3.02. The fraction of sp³-hybridized carbons (Fsp3) is 0.333. The topological polar surface area (TPSA) is 61.7 Å². The average Bonchev–Trinajstić information content (AvgIpc) is 2.75. The lowest BCUT2D eigenvalue weighted by Crippen LogP contribution is -2.07. The number of nitriles is 1. The highest BCUT2D eigenvalue weighted by Crippen LogP contribution is 2.13. The molecule has 18 heavy (non-hydrogen) atoms. The lowest BCUT2D eigenvalue weighted by atomic mass is 10.2. The maximum atomic E-state index is 11.8. The minimum Gasteiger partial charge on any atom is -0.375 e. The summed E-state index contributed by atoms with van der Waals surface area (Å²) in [5.74, 6) is 0.661. The summed E-state index contributed by atoms with van der Waals surface area (Å²) < 4.78 is 28.4. The zero-order valence-corrected chi connectivity index (χ0v) is 9.49. The number of H-pyrrole nitrogens is 1. The first-order valence-corrected chi connectivity index (χ1v) is 5.43. The van der Waals surface area contributed by atoms with Gasteiger partial charge in [-0.15, -0.1) is 0 Å². The molecular weight excluding hydrogens is 240 g/mol. The predicted octanol–water partition coefficient (Wildman–Crippen LogP) is 2.26. The summed E-state index contributed by atoms with van der Waals surface area (Å²) in [5, 5.41) is 8.75. The molecule has 0 atom stereocenters. The van der Waals surface area contributed by atoms with Crippen LogP contribution in [-0.2, 0) is 11.2 Å². The quantitative estimate of drug-likeness (QED) is 0.829. The number of imidazole rings is 1. The number of rotatable bonds is 5. The summed E-state index contributed by atoms with van der Waals surface area (Å²) in [6.45, 7) is -0.367. The van der Waals surface area contributed by atoms with E-state index < -0.39 is 13.0 Å². The number of fused-ring (bicyclic) bond motifs is 1. The van der Waals surface area contributed by atoms with Crippen LogP contribution in [0.4, 0.5) is 8.78 Å². The first kappa shape index (κ1) is 12.5. The largest absolute Gasteiger partial charge is 0.375 e. The van der Waals surface area contributed by atoms with Gasteiger partial charge in [-0.05, 0) is 18.2 Å². The summed E-state index contributed by atoms with van der Waals surface area (Å²) in [5.41, 5.74) is 2.06. The predicted molar refractivity (Wildman–Crippen MR) is 61.3 cm³/mol. The lowest BCUT2D eigenvalue weighted by molar-refractivity contribution is 0.0183. The lowest BCUT2D eigenvalue weighted by Gasteiger charge is -2.00. The Balaban J connectivity index is 2.00. The number of nitrogens with one attached hydrogen (secondary N) is 1. The molecule has 0 aliphatic carbocycles. The van der Waals surface area contributed by atoms with E-state index >= 15 is 0 Å². The highest BCUT2D eigenvalue weighted by atomic mass is 19.3. The number of benzene rings is 1. The number of aromatic nitrogens is 2. The van der Waals surface area contributed by atoms with Gasteiger partial charge >= 0.3 is 0 Å². The molecule has 0 saturated heterocycles. The van der Waals surface area contributed by atoms with Gasteiger partial charge in [0.1, 0.15) is 12.4 Å². The third-order valence-corrected chi connectivity index (χ3v) is 2.39. The second kappa shape index (κ2) is 5.56. The molecule has 1 heterocycles. The number of aromatic amines is 1. The monoisotopic (exact) mass is 251 g/mol. The van der Waals surface area contributed by atoms with Gasteiger partial charge in [0.15, 0.2) is 0 Å². The summed E-state index contributed by atoms with van der Waals surface area (Å²) >= 11 is 0. The number of halogens is 2. The maximum absolute atomic E-state index is 11.8. The Morgan fingerprint density at radius 2 is 2.28 bits per heavy atom. The van der Waals surface area contributed by atoms with Crippen molar-refractivity contribution in [1.29, 1.82) is 5.26 Å². The Morgan fingerprint density at radius 1 is 1.44 bits per heavy atom. The van der Waals surface area contributed by atoms with Gasteiger partial charge in [0.05, 0.1) is 29.3 Å². The van der Waals surface area contributed by atoms with Gasteiger partial charge < -0.3 is 9.72 Å². The van der Waals surface area contributed by atoms with E-state index in [9.17, 15) is 8.78 Å². The van der Waals surface area contributed by atoms with E-state index in [0.717, 1.165) is 11.0 Å². The molecule has 6 heteroatoms. The highest BCUT2D eigenvalue weighted by molar-refractivity contribution is 5.76. The second-order valence-electron chi connectivity index (χ2n) is 3.74. The van der Waals surface area contributed by atoms with Gasteiger partial charge in [-0.3, -0.25) is 0 Å². The van der Waals surface area contributed by atoms with Crippen LogP contribution in [0, 0.1) is 11.3 Å². The van der Waals surface area contributed by atoms with Crippen molar-refractivity contribution in [2.24, 2.45) is 0 Å². The van der Waals surface area contributed by atoms with E-state index in [4.69, 9.17) is 10.00 Å². The van der Waals surface area contributed by atoms with Gasteiger partial charge in [0.25, 0.3) is 6.43 Å². The van der Waals surface area contributed by atoms with Crippen molar-refractivity contribution in [3.8, 4) is 6.07 Å². The number of ether oxygens (including phenoxy) is 1. The molecule has 4 nitrogen and oxygen atoms in total. The van der Waals surface area contributed by atoms with Crippen LogP contribution < -0.4 is 0 Å². The molecule has 0 unspecified atom stereocenters. The number of alkyl halides is 2. The van der Waals surface area contributed by atoms with Crippen LogP contribution in [0.15, 0.2) is 18.2 Å². The summed E-state index contributed by atoms with van der Waals surface area (Å²) in [4.78, 5) is 7.30. The molecule has 0 saturated carbocycles. The van der Waals surface area contributed by atoms with Crippen LogP contribution in [0.3, 0.4) is 0 Å². The van der Waals surface area contributed by atoms with Crippen LogP contribution in [0.25, 0.3) is 11.0 Å². The molecule has 94 valence electrons. The highest BCUT2D eigenvalue weighted by Gasteiger charge is 2.05. The minimum atomic E-state index is -2.45. The molecular formula is C12H11F2N3O. The van der Waals surface area contributed by atoms with E-state index in [2.05, 4.69) is 9.97 Å². The Morgan fingerprint density at radius 3 is 3.00 bits per heavy atom. The van der Waals surface area contributed by atoms with Crippen molar-refractivity contribution < 1.29 is 13.5 Å². The first-order chi connectivity index (χ1) is 8.69. The molecule has 2 rings (SSSR count). The van der Waals surface area contributed by atoms with Crippen LogP contribution in [0.2, 0.25) is 0 Å². The van der Waals surface area contributed by atoms with E-state index in [1.165, 1.54) is 0 Å². The van der Waals surface area contributed by atoms with Crippen LogP contribution >= 0.6 is 0 Å². The number of hydrogen-bond acceptors (Lipinski definition) is 3. The molecule has 0 spiro atoms. The van der Waals surface area contributed by atoms with Crippen molar-refractivity contribution in [3.63, 3.8) is 0 Å². The fourth-order valence-corrected chi connectivity index (χ4v) is 1.59. The van der Waals surface area contributed by atoms with Crippen LogP contribution in [-0.4, -0.2) is 29.6 Å². The zero-order chi connectivity index (χ0) is 13.0. The number of hydrogen-bond donors (Lipinski definition) is 1. The van der Waals surface area contributed by atoms with E-state index in [0.29, 0.717) is 17.8 Å². The Labute approximate surface area is 102 Å². The van der Waals surface area contributed by atoms with Crippen LogP contribution in [0.1, 0.15) is 11.4 Å². The SMILES string of the molecule is N#Cc1ccc2nc(CCOCC(F)F)[nH]c2c1.